The maximum Gasteiger partial charge on any atom is 0.136 e. The Labute approximate surface area is 102 Å². The van der Waals surface area contributed by atoms with Crippen LogP contribution >= 0.6 is 0 Å². The highest BCUT2D eigenvalue weighted by Gasteiger charge is 2.21. The van der Waals surface area contributed by atoms with Gasteiger partial charge in [0.05, 0.1) is 5.69 Å². The van der Waals surface area contributed by atoms with Crippen LogP contribution < -0.4 is 0 Å². The summed E-state index contributed by atoms with van der Waals surface area (Å²) in [5.41, 5.74) is 2.34. The van der Waals surface area contributed by atoms with E-state index >= 15 is 0 Å². The third-order valence-corrected chi connectivity index (χ3v) is 3.84. The number of piperidine rings is 1. The minimum absolute atomic E-state index is 0.651. The summed E-state index contributed by atoms with van der Waals surface area (Å²) < 4.78 is 2.13. The van der Waals surface area contributed by atoms with Gasteiger partial charge < -0.3 is 9.30 Å². The van der Waals surface area contributed by atoms with Crippen molar-refractivity contribution in [3.05, 3.63) is 36.3 Å². The van der Waals surface area contributed by atoms with E-state index in [4.69, 9.17) is 4.98 Å². The highest BCUT2D eigenvalue weighted by atomic mass is 15.1. The van der Waals surface area contributed by atoms with Crippen LogP contribution in [0.2, 0.25) is 0 Å². The largest absolute Gasteiger partial charge is 0.307 e. The van der Waals surface area contributed by atoms with Crippen molar-refractivity contribution in [2.24, 2.45) is 0 Å². The van der Waals surface area contributed by atoms with Crippen molar-refractivity contribution in [2.75, 3.05) is 19.6 Å². The lowest BCUT2D eigenvalue weighted by atomic mass is 9.94. The van der Waals surface area contributed by atoms with Gasteiger partial charge >= 0.3 is 0 Å². The molecule has 3 rings (SSSR count). The second kappa shape index (κ2) is 4.49. The lowest BCUT2D eigenvalue weighted by Gasteiger charge is -2.30. The van der Waals surface area contributed by atoms with Crippen molar-refractivity contribution in [1.82, 2.24) is 14.3 Å². The smallest absolute Gasteiger partial charge is 0.136 e. The first-order chi connectivity index (χ1) is 8.36. The van der Waals surface area contributed by atoms with Crippen molar-refractivity contribution in [2.45, 2.75) is 25.7 Å². The average molecular weight is 229 g/mol. The van der Waals surface area contributed by atoms with Crippen LogP contribution in [0.3, 0.4) is 0 Å². The summed E-state index contributed by atoms with van der Waals surface area (Å²) in [5, 5.41) is 0. The van der Waals surface area contributed by atoms with Gasteiger partial charge in [-0.2, -0.15) is 0 Å². The van der Waals surface area contributed by atoms with Gasteiger partial charge in [0.25, 0.3) is 0 Å². The van der Waals surface area contributed by atoms with Crippen LogP contribution in [0.5, 0.6) is 0 Å². The fourth-order valence-electron chi connectivity index (χ4n) is 2.70. The quantitative estimate of drug-likeness (QED) is 0.789. The Hall–Kier alpha value is -1.35. The molecule has 1 fully saturated rings. The third-order valence-electron chi connectivity index (χ3n) is 3.84. The van der Waals surface area contributed by atoms with E-state index in [0.29, 0.717) is 5.92 Å². The lowest BCUT2D eigenvalue weighted by Crippen LogP contribution is -2.32. The van der Waals surface area contributed by atoms with E-state index in [1.807, 2.05) is 6.07 Å². The lowest BCUT2D eigenvalue weighted by molar-refractivity contribution is 0.221. The molecule has 1 aliphatic heterocycles. The summed E-state index contributed by atoms with van der Waals surface area (Å²) in [6.45, 7) is 5.85. The van der Waals surface area contributed by atoms with Crippen LogP contribution in [0.1, 0.15) is 31.4 Å². The maximum atomic E-state index is 4.73. The molecule has 3 heteroatoms. The zero-order valence-corrected chi connectivity index (χ0v) is 10.3. The summed E-state index contributed by atoms with van der Waals surface area (Å²) in [6, 6.07) is 6.18. The standard InChI is InChI=1S/C14H19N3/c1-2-16-9-6-12(7-10-16)13-11-17-8-4-3-5-14(17)15-13/h3-5,8,11-12H,2,6-7,9-10H2,1H3. The molecule has 2 aromatic heterocycles. The predicted octanol–water partition coefficient (Wildman–Crippen LogP) is 2.53. The average Bonchev–Trinajstić information content (AvgIpc) is 2.82. The van der Waals surface area contributed by atoms with Gasteiger partial charge in [-0.05, 0) is 44.6 Å². The van der Waals surface area contributed by atoms with Crippen LogP contribution in [0.25, 0.3) is 5.65 Å². The summed E-state index contributed by atoms with van der Waals surface area (Å²) in [6.07, 6.45) is 6.77. The second-order valence-electron chi connectivity index (χ2n) is 4.84. The molecule has 0 bridgehead atoms. The summed E-state index contributed by atoms with van der Waals surface area (Å²) in [7, 11) is 0. The van der Waals surface area contributed by atoms with E-state index in [2.05, 4.69) is 40.8 Å². The van der Waals surface area contributed by atoms with Gasteiger partial charge in [-0.25, -0.2) is 4.98 Å². The number of hydrogen-bond donors (Lipinski definition) is 0. The first kappa shape index (κ1) is 10.8. The Bertz CT molecular complexity index is 462. The number of fused-ring (bicyclic) bond motifs is 1. The van der Waals surface area contributed by atoms with Gasteiger partial charge in [0.2, 0.25) is 0 Å². The van der Waals surface area contributed by atoms with Crippen LogP contribution in [0, 0.1) is 0 Å². The zero-order chi connectivity index (χ0) is 11.7. The van der Waals surface area contributed by atoms with Crippen molar-refractivity contribution in [3.8, 4) is 0 Å². The Kier molecular flexibility index (Phi) is 2.85. The second-order valence-corrected chi connectivity index (χ2v) is 4.84. The highest BCUT2D eigenvalue weighted by molar-refractivity contribution is 5.40. The SMILES string of the molecule is CCN1CCC(c2cn3ccccc3n2)CC1. The minimum Gasteiger partial charge on any atom is -0.307 e. The molecule has 0 aromatic carbocycles. The van der Waals surface area contributed by atoms with Gasteiger partial charge in [0, 0.05) is 18.3 Å². The monoisotopic (exact) mass is 229 g/mol. The number of nitrogens with zero attached hydrogens (tertiary/aromatic N) is 3. The molecule has 90 valence electrons. The molecule has 3 nitrogen and oxygen atoms in total. The Balaban J connectivity index is 1.80. The van der Waals surface area contributed by atoms with Crippen molar-refractivity contribution >= 4 is 5.65 Å². The molecular formula is C14H19N3. The molecule has 0 atom stereocenters. The molecule has 0 unspecified atom stereocenters. The molecule has 0 amide bonds. The predicted molar refractivity (Wildman–Crippen MR) is 69.3 cm³/mol. The molecule has 3 heterocycles. The van der Waals surface area contributed by atoms with Gasteiger partial charge in [-0.3, -0.25) is 0 Å². The number of aromatic nitrogens is 2. The highest BCUT2D eigenvalue weighted by Crippen LogP contribution is 2.27. The van der Waals surface area contributed by atoms with Crippen LogP contribution in [0.4, 0.5) is 0 Å². The fraction of sp³-hybridized carbons (Fsp3) is 0.500. The number of pyridine rings is 1. The molecule has 0 radical (unpaired) electrons. The van der Waals surface area contributed by atoms with Gasteiger partial charge in [-0.1, -0.05) is 13.0 Å². The summed E-state index contributed by atoms with van der Waals surface area (Å²) in [4.78, 5) is 7.25. The molecule has 0 spiro atoms. The summed E-state index contributed by atoms with van der Waals surface area (Å²) >= 11 is 0. The van der Waals surface area contributed by atoms with E-state index in [9.17, 15) is 0 Å². The molecule has 0 aliphatic carbocycles. The van der Waals surface area contributed by atoms with Gasteiger partial charge in [-0.15, -0.1) is 0 Å². The number of imidazole rings is 1. The molecule has 1 aliphatic rings. The first-order valence-corrected chi connectivity index (χ1v) is 6.53. The Morgan fingerprint density at radius 3 is 2.82 bits per heavy atom. The number of likely N-dealkylation sites (tertiary alicyclic amines) is 1. The van der Waals surface area contributed by atoms with E-state index in [1.165, 1.54) is 38.2 Å². The van der Waals surface area contributed by atoms with E-state index in [0.717, 1.165) is 5.65 Å². The van der Waals surface area contributed by atoms with Crippen LogP contribution in [-0.2, 0) is 0 Å². The van der Waals surface area contributed by atoms with Gasteiger partial charge in [0.1, 0.15) is 5.65 Å². The third kappa shape index (κ3) is 2.07. The molecule has 0 N–H and O–H groups in total. The Morgan fingerprint density at radius 2 is 2.12 bits per heavy atom. The maximum absolute atomic E-state index is 4.73. The van der Waals surface area contributed by atoms with E-state index in [-0.39, 0.29) is 0 Å². The Morgan fingerprint density at radius 1 is 1.29 bits per heavy atom. The number of hydrogen-bond acceptors (Lipinski definition) is 2. The first-order valence-electron chi connectivity index (χ1n) is 6.53. The molecule has 17 heavy (non-hydrogen) atoms. The molecule has 2 aromatic rings. The van der Waals surface area contributed by atoms with E-state index < -0.39 is 0 Å². The molecule has 1 saturated heterocycles. The topological polar surface area (TPSA) is 20.5 Å². The molecule has 0 saturated carbocycles. The number of rotatable bonds is 2. The van der Waals surface area contributed by atoms with Crippen molar-refractivity contribution in [1.29, 1.82) is 0 Å². The van der Waals surface area contributed by atoms with E-state index in [1.54, 1.807) is 0 Å². The minimum atomic E-state index is 0.651. The normalized spacial score (nSPS) is 18.9. The zero-order valence-electron chi connectivity index (χ0n) is 10.3. The van der Waals surface area contributed by atoms with Gasteiger partial charge in [0.15, 0.2) is 0 Å². The van der Waals surface area contributed by atoms with Crippen molar-refractivity contribution < 1.29 is 0 Å². The van der Waals surface area contributed by atoms with Crippen LogP contribution in [-0.4, -0.2) is 33.9 Å². The summed E-state index contributed by atoms with van der Waals surface area (Å²) in [5.74, 6) is 0.651. The van der Waals surface area contributed by atoms with Crippen LogP contribution in [0.15, 0.2) is 30.6 Å². The molecular weight excluding hydrogens is 210 g/mol. The fourth-order valence-corrected chi connectivity index (χ4v) is 2.70. The van der Waals surface area contributed by atoms with Crippen molar-refractivity contribution in [3.63, 3.8) is 0 Å².